The summed E-state index contributed by atoms with van der Waals surface area (Å²) in [6.07, 6.45) is -1.13. The van der Waals surface area contributed by atoms with Gasteiger partial charge in [0.1, 0.15) is 18.3 Å². The van der Waals surface area contributed by atoms with Crippen molar-refractivity contribution in [3.05, 3.63) is 0 Å². The Morgan fingerprint density at radius 2 is 1.44 bits per heavy atom. The van der Waals surface area contributed by atoms with Gasteiger partial charge >= 0.3 is 5.97 Å². The quantitative estimate of drug-likeness (QED) is 0.137. The molecule has 0 spiro atoms. The predicted octanol–water partition coefficient (Wildman–Crippen LogP) is -1.38. The Bertz CT molecular complexity index is 384. The number of rotatable bonds is 16. The van der Waals surface area contributed by atoms with Crippen molar-refractivity contribution in [1.82, 2.24) is 4.90 Å². The van der Waals surface area contributed by atoms with E-state index in [2.05, 4.69) is 4.74 Å². The first-order chi connectivity index (χ1) is 12.7. The van der Waals surface area contributed by atoms with Gasteiger partial charge in [-0.05, 0) is 19.9 Å². The Labute approximate surface area is 161 Å². The molecule has 9 heteroatoms. The molecule has 0 fully saturated rings. The number of aliphatic hydroxyl groups is 6. The van der Waals surface area contributed by atoms with Gasteiger partial charge in [0.05, 0.1) is 25.9 Å². The molecule has 162 valence electrons. The lowest BCUT2D eigenvalue weighted by Crippen LogP contribution is -2.49. The molecule has 0 amide bonds. The number of nitrogens with zero attached hydrogens (tertiary/aromatic N) is 1. The number of carbonyl (C=O) groups is 1. The van der Waals surface area contributed by atoms with Gasteiger partial charge in [0.15, 0.2) is 0 Å². The largest absolute Gasteiger partial charge is 0.469 e. The van der Waals surface area contributed by atoms with Crippen LogP contribution in [0.25, 0.3) is 0 Å². The number of methoxy groups -OCH3 is 1. The summed E-state index contributed by atoms with van der Waals surface area (Å²) in [5, 5.41) is 57.4. The molecule has 0 aromatic heterocycles. The van der Waals surface area contributed by atoms with Crippen molar-refractivity contribution < 1.29 is 40.2 Å². The minimum atomic E-state index is -1.65. The predicted molar refractivity (Wildman–Crippen MR) is 99.0 cm³/mol. The van der Waals surface area contributed by atoms with Crippen molar-refractivity contribution in [3.63, 3.8) is 0 Å². The van der Waals surface area contributed by atoms with Crippen LogP contribution < -0.4 is 0 Å². The fourth-order valence-corrected chi connectivity index (χ4v) is 2.80. The number of hydrogen-bond donors (Lipinski definition) is 6. The molecule has 0 aliphatic carbocycles. The minimum Gasteiger partial charge on any atom is -0.469 e. The summed E-state index contributed by atoms with van der Waals surface area (Å²) in [7, 11) is 3.04. The fraction of sp³-hybridized carbons (Fsp3) is 0.944. The van der Waals surface area contributed by atoms with E-state index in [1.165, 1.54) is 7.11 Å². The van der Waals surface area contributed by atoms with Gasteiger partial charge < -0.3 is 40.3 Å². The summed E-state index contributed by atoms with van der Waals surface area (Å²) in [5.41, 5.74) is 0. The molecule has 0 saturated heterocycles. The van der Waals surface area contributed by atoms with Gasteiger partial charge in [-0.1, -0.05) is 25.7 Å². The Morgan fingerprint density at radius 1 is 0.889 bits per heavy atom. The maximum atomic E-state index is 11.0. The number of likely N-dealkylation sites (N-methyl/N-ethyl adjacent to an activating group) is 1. The molecule has 0 aliphatic heterocycles. The normalized spacial score (nSPS) is 17.4. The molecule has 0 aliphatic rings. The number of ether oxygens (including phenoxy) is 1. The summed E-state index contributed by atoms with van der Waals surface area (Å²) in [6.45, 7) is -0.423. The third-order valence-corrected chi connectivity index (χ3v) is 4.49. The van der Waals surface area contributed by atoms with E-state index in [0.29, 0.717) is 19.4 Å². The van der Waals surface area contributed by atoms with Crippen LogP contribution in [-0.4, -0.2) is 106 Å². The molecule has 27 heavy (non-hydrogen) atoms. The Balaban J connectivity index is 3.88. The smallest absolute Gasteiger partial charge is 0.305 e. The van der Waals surface area contributed by atoms with Crippen molar-refractivity contribution in [2.24, 2.45) is 0 Å². The van der Waals surface area contributed by atoms with Gasteiger partial charge in [0.25, 0.3) is 0 Å². The van der Waals surface area contributed by atoms with E-state index >= 15 is 0 Å². The lowest BCUT2D eigenvalue weighted by Gasteiger charge is -2.29. The highest BCUT2D eigenvalue weighted by Crippen LogP contribution is 2.11. The standard InChI is InChI=1S/C18H37NO8/c1-19(11-14(22)17(25)18(26)15(23)12-20)10-13(21)8-6-4-3-5-7-9-16(24)27-2/h13-15,17-18,20-23,25-26H,3-12H2,1-2H3/t13?,14-,15+,17+,18+/m0/s1. The van der Waals surface area contributed by atoms with E-state index in [1.54, 1.807) is 11.9 Å². The molecule has 0 rings (SSSR count). The van der Waals surface area contributed by atoms with Crippen LogP contribution in [-0.2, 0) is 9.53 Å². The van der Waals surface area contributed by atoms with Gasteiger partial charge in [-0.15, -0.1) is 0 Å². The first-order valence-corrected chi connectivity index (χ1v) is 9.49. The minimum absolute atomic E-state index is 0.000956. The fourth-order valence-electron chi connectivity index (χ4n) is 2.80. The topological polar surface area (TPSA) is 151 Å². The molecular weight excluding hydrogens is 358 g/mol. The molecule has 0 bridgehead atoms. The van der Waals surface area contributed by atoms with E-state index in [0.717, 1.165) is 32.1 Å². The van der Waals surface area contributed by atoms with Crippen molar-refractivity contribution in [2.45, 2.75) is 75.5 Å². The first kappa shape index (κ1) is 26.2. The Hall–Kier alpha value is -0.810. The van der Waals surface area contributed by atoms with Crippen LogP contribution in [0.15, 0.2) is 0 Å². The Kier molecular flexibility index (Phi) is 14.7. The van der Waals surface area contributed by atoms with Crippen molar-refractivity contribution in [2.75, 3.05) is 33.9 Å². The summed E-state index contributed by atoms with van der Waals surface area (Å²) in [4.78, 5) is 12.6. The molecule has 0 radical (unpaired) electrons. The highest BCUT2D eigenvalue weighted by molar-refractivity contribution is 5.68. The van der Waals surface area contributed by atoms with E-state index in [9.17, 15) is 30.3 Å². The lowest BCUT2D eigenvalue weighted by molar-refractivity contribution is -0.140. The van der Waals surface area contributed by atoms with Gasteiger partial charge in [0, 0.05) is 19.5 Å². The van der Waals surface area contributed by atoms with E-state index in [-0.39, 0.29) is 12.5 Å². The summed E-state index contributed by atoms with van der Waals surface area (Å²) in [5.74, 6) is -0.195. The first-order valence-electron chi connectivity index (χ1n) is 9.49. The Morgan fingerprint density at radius 3 is 2.04 bits per heavy atom. The number of unbranched alkanes of at least 4 members (excludes halogenated alkanes) is 4. The molecule has 1 unspecified atom stereocenters. The summed E-state index contributed by atoms with van der Waals surface area (Å²) >= 11 is 0. The maximum Gasteiger partial charge on any atom is 0.305 e. The van der Waals surface area contributed by atoms with Crippen molar-refractivity contribution in [3.8, 4) is 0 Å². The second-order valence-corrected chi connectivity index (χ2v) is 7.06. The third-order valence-electron chi connectivity index (χ3n) is 4.49. The van der Waals surface area contributed by atoms with E-state index in [4.69, 9.17) is 5.11 Å². The number of aliphatic hydroxyl groups excluding tert-OH is 6. The van der Waals surface area contributed by atoms with Crippen molar-refractivity contribution in [1.29, 1.82) is 0 Å². The average Bonchev–Trinajstić information content (AvgIpc) is 2.64. The molecule has 5 atom stereocenters. The van der Waals surface area contributed by atoms with Crippen LogP contribution in [0.3, 0.4) is 0 Å². The summed E-state index contributed by atoms with van der Waals surface area (Å²) in [6, 6.07) is 0. The zero-order chi connectivity index (χ0) is 20.8. The van der Waals surface area contributed by atoms with Crippen LogP contribution in [0.1, 0.15) is 44.9 Å². The van der Waals surface area contributed by atoms with E-state index in [1.807, 2.05) is 0 Å². The highest BCUT2D eigenvalue weighted by Gasteiger charge is 2.30. The molecule has 0 heterocycles. The second kappa shape index (κ2) is 15.2. The lowest BCUT2D eigenvalue weighted by atomic mass is 10.0. The maximum absolute atomic E-state index is 11.0. The number of esters is 1. The number of hydrogen-bond acceptors (Lipinski definition) is 9. The number of carbonyl (C=O) groups excluding carboxylic acids is 1. The molecule has 9 nitrogen and oxygen atoms in total. The molecule has 0 aromatic rings. The van der Waals surface area contributed by atoms with Gasteiger partial charge in [-0.2, -0.15) is 0 Å². The third kappa shape index (κ3) is 12.3. The van der Waals surface area contributed by atoms with Gasteiger partial charge in [-0.3, -0.25) is 4.79 Å². The monoisotopic (exact) mass is 395 g/mol. The molecule has 6 N–H and O–H groups in total. The van der Waals surface area contributed by atoms with Crippen LogP contribution >= 0.6 is 0 Å². The van der Waals surface area contributed by atoms with Crippen LogP contribution in [0.2, 0.25) is 0 Å². The van der Waals surface area contributed by atoms with Crippen molar-refractivity contribution >= 4 is 5.97 Å². The van der Waals surface area contributed by atoms with Crippen LogP contribution in [0, 0.1) is 0 Å². The SMILES string of the molecule is COC(=O)CCCCCCCC(O)CN(C)C[C@H](O)[C@@H](O)[C@H](O)[C@H](O)CO. The highest BCUT2D eigenvalue weighted by atomic mass is 16.5. The van der Waals surface area contributed by atoms with E-state index < -0.39 is 37.1 Å². The van der Waals surface area contributed by atoms with Crippen LogP contribution in [0.5, 0.6) is 0 Å². The molecule has 0 aromatic carbocycles. The van der Waals surface area contributed by atoms with Gasteiger partial charge in [-0.25, -0.2) is 0 Å². The zero-order valence-corrected chi connectivity index (χ0v) is 16.4. The van der Waals surface area contributed by atoms with Gasteiger partial charge in [0.2, 0.25) is 0 Å². The molecular formula is C18H37NO8. The zero-order valence-electron chi connectivity index (χ0n) is 16.4. The average molecular weight is 395 g/mol. The second-order valence-electron chi connectivity index (χ2n) is 7.06. The summed E-state index contributed by atoms with van der Waals surface area (Å²) < 4.78 is 4.57. The van der Waals surface area contributed by atoms with Crippen LogP contribution in [0.4, 0.5) is 0 Å². The molecule has 0 saturated carbocycles.